The smallest absolute Gasteiger partial charge is 0.320 e. The van der Waals surface area contributed by atoms with Crippen molar-refractivity contribution in [3.63, 3.8) is 0 Å². The van der Waals surface area contributed by atoms with E-state index in [1.165, 1.54) is 24.3 Å². The highest BCUT2D eigenvalue weighted by atomic mass is 19.1. The van der Waals surface area contributed by atoms with Crippen LogP contribution in [0.3, 0.4) is 0 Å². The Morgan fingerprint density at radius 1 is 1.00 bits per heavy atom. The fourth-order valence-corrected chi connectivity index (χ4v) is 3.01. The summed E-state index contributed by atoms with van der Waals surface area (Å²) in [5.74, 6) is -1.34. The second kappa shape index (κ2) is 11.8. The van der Waals surface area contributed by atoms with E-state index in [1.54, 1.807) is 36.1 Å². The molecule has 0 radical (unpaired) electrons. The van der Waals surface area contributed by atoms with Gasteiger partial charge in [-0.1, -0.05) is 26.0 Å². The summed E-state index contributed by atoms with van der Waals surface area (Å²) in [5.41, 5.74) is 1.04. The topological polar surface area (TPSA) is 87.7 Å². The number of amides is 2. The van der Waals surface area contributed by atoms with Crippen LogP contribution in [0, 0.1) is 11.7 Å². The zero-order chi connectivity index (χ0) is 22.8. The molecule has 0 aliphatic rings. The number of para-hydroxylation sites is 1. The van der Waals surface area contributed by atoms with Gasteiger partial charge in [-0.05, 0) is 49.2 Å². The number of carbonyl (C=O) groups is 3. The van der Waals surface area contributed by atoms with Gasteiger partial charge in [0.05, 0.1) is 30.9 Å². The fourth-order valence-electron chi connectivity index (χ4n) is 3.01. The van der Waals surface area contributed by atoms with E-state index < -0.39 is 17.7 Å². The molecule has 2 aromatic rings. The van der Waals surface area contributed by atoms with E-state index in [9.17, 15) is 18.8 Å². The number of hydrogen-bond acceptors (Lipinski definition) is 5. The zero-order valence-electron chi connectivity index (χ0n) is 18.0. The maximum atomic E-state index is 13.1. The van der Waals surface area contributed by atoms with Crippen LogP contribution in [-0.2, 0) is 14.3 Å². The second-order valence-corrected chi connectivity index (χ2v) is 7.42. The van der Waals surface area contributed by atoms with Gasteiger partial charge in [-0.3, -0.25) is 19.3 Å². The number of carbonyl (C=O) groups excluding carboxylic acids is 3. The van der Waals surface area contributed by atoms with Gasteiger partial charge in [0.25, 0.3) is 5.91 Å². The van der Waals surface area contributed by atoms with Gasteiger partial charge < -0.3 is 15.4 Å². The van der Waals surface area contributed by atoms with E-state index in [0.717, 1.165) is 0 Å². The van der Waals surface area contributed by atoms with E-state index in [-0.39, 0.29) is 37.1 Å². The summed E-state index contributed by atoms with van der Waals surface area (Å²) in [4.78, 5) is 38.8. The molecule has 0 aliphatic carbocycles. The van der Waals surface area contributed by atoms with E-state index in [4.69, 9.17) is 4.74 Å². The van der Waals surface area contributed by atoms with Crippen molar-refractivity contribution in [3.05, 3.63) is 59.9 Å². The maximum Gasteiger partial charge on any atom is 0.320 e. The summed E-state index contributed by atoms with van der Waals surface area (Å²) < 4.78 is 18.0. The molecule has 0 fully saturated rings. The number of halogens is 1. The largest absolute Gasteiger partial charge is 0.465 e. The van der Waals surface area contributed by atoms with Crippen LogP contribution in [0.15, 0.2) is 48.5 Å². The molecule has 0 saturated heterocycles. The minimum absolute atomic E-state index is 0.00609. The lowest BCUT2D eigenvalue weighted by atomic mass is 10.1. The third-order valence-electron chi connectivity index (χ3n) is 4.20. The molecule has 0 unspecified atom stereocenters. The molecule has 2 N–H and O–H groups in total. The Morgan fingerprint density at radius 2 is 1.68 bits per heavy atom. The Labute approximate surface area is 181 Å². The highest BCUT2D eigenvalue weighted by Crippen LogP contribution is 2.18. The number of ether oxygens (including phenoxy) is 1. The van der Waals surface area contributed by atoms with Crippen LogP contribution in [0.4, 0.5) is 15.8 Å². The number of esters is 1. The number of rotatable bonds is 10. The van der Waals surface area contributed by atoms with Crippen molar-refractivity contribution in [1.82, 2.24) is 4.90 Å². The standard InChI is InChI=1S/C23H28FN3O4/c1-4-31-22(29)15-27(13-16(2)3)14-21(28)26-20-8-6-5-7-19(20)23(30)25-18-11-9-17(24)10-12-18/h5-12,16H,4,13-15H2,1-3H3,(H,25,30)(H,26,28). The van der Waals surface area contributed by atoms with Crippen LogP contribution < -0.4 is 10.6 Å². The Bertz CT molecular complexity index is 900. The summed E-state index contributed by atoms with van der Waals surface area (Å²) in [5, 5.41) is 5.42. The SMILES string of the molecule is CCOC(=O)CN(CC(=O)Nc1ccccc1C(=O)Nc1ccc(F)cc1)CC(C)C. The van der Waals surface area contributed by atoms with Gasteiger partial charge >= 0.3 is 5.97 Å². The minimum atomic E-state index is -0.437. The Hall–Kier alpha value is -3.26. The first-order valence-electron chi connectivity index (χ1n) is 10.1. The van der Waals surface area contributed by atoms with E-state index in [2.05, 4.69) is 10.6 Å². The highest BCUT2D eigenvalue weighted by molar-refractivity contribution is 6.10. The molecule has 2 rings (SSSR count). The molecule has 0 bridgehead atoms. The molecule has 31 heavy (non-hydrogen) atoms. The molecular formula is C23H28FN3O4. The first-order valence-corrected chi connectivity index (χ1v) is 10.1. The van der Waals surface area contributed by atoms with Gasteiger partial charge in [-0.2, -0.15) is 0 Å². The number of nitrogens with zero attached hydrogens (tertiary/aromatic N) is 1. The average molecular weight is 429 g/mol. The normalized spacial score (nSPS) is 10.8. The molecule has 7 nitrogen and oxygen atoms in total. The van der Waals surface area contributed by atoms with E-state index in [1.807, 2.05) is 13.8 Å². The van der Waals surface area contributed by atoms with Gasteiger partial charge in [0, 0.05) is 12.2 Å². The number of anilines is 2. The molecule has 2 amide bonds. The highest BCUT2D eigenvalue weighted by Gasteiger charge is 2.18. The molecule has 0 spiro atoms. The van der Waals surface area contributed by atoms with Crippen LogP contribution in [0.25, 0.3) is 0 Å². The second-order valence-electron chi connectivity index (χ2n) is 7.42. The molecular weight excluding hydrogens is 401 g/mol. The van der Waals surface area contributed by atoms with Gasteiger partial charge in [-0.15, -0.1) is 0 Å². The number of hydrogen-bond donors (Lipinski definition) is 2. The van der Waals surface area contributed by atoms with E-state index in [0.29, 0.717) is 17.9 Å². The predicted octanol–water partition coefficient (Wildman–Crippen LogP) is 3.54. The monoisotopic (exact) mass is 429 g/mol. The third kappa shape index (κ3) is 8.18. The molecule has 0 aromatic heterocycles. The van der Waals surface area contributed by atoms with Gasteiger partial charge in [0.15, 0.2) is 0 Å². The lowest BCUT2D eigenvalue weighted by Crippen LogP contribution is -2.39. The molecule has 0 atom stereocenters. The Morgan fingerprint density at radius 3 is 2.32 bits per heavy atom. The van der Waals surface area contributed by atoms with Crippen LogP contribution in [-0.4, -0.2) is 48.9 Å². The van der Waals surface area contributed by atoms with Crippen molar-refractivity contribution in [2.75, 3.05) is 36.9 Å². The lowest BCUT2D eigenvalue weighted by molar-refractivity contribution is -0.144. The van der Waals surface area contributed by atoms with Crippen molar-refractivity contribution in [3.8, 4) is 0 Å². The first kappa shape index (κ1) is 24.0. The van der Waals surface area contributed by atoms with Gasteiger partial charge in [0.1, 0.15) is 5.82 Å². The number of nitrogens with one attached hydrogen (secondary N) is 2. The van der Waals surface area contributed by atoms with Crippen molar-refractivity contribution in [2.45, 2.75) is 20.8 Å². The molecule has 2 aromatic carbocycles. The predicted molar refractivity (Wildman–Crippen MR) is 117 cm³/mol. The Kier molecular flexibility index (Phi) is 9.14. The van der Waals surface area contributed by atoms with Crippen LogP contribution in [0.2, 0.25) is 0 Å². The summed E-state index contributed by atoms with van der Waals surface area (Å²) >= 11 is 0. The zero-order valence-corrected chi connectivity index (χ0v) is 18.0. The van der Waals surface area contributed by atoms with E-state index >= 15 is 0 Å². The van der Waals surface area contributed by atoms with Gasteiger partial charge in [-0.25, -0.2) is 4.39 Å². The molecule has 166 valence electrons. The maximum absolute atomic E-state index is 13.1. The summed E-state index contributed by atoms with van der Waals surface area (Å²) in [6, 6.07) is 12.0. The molecule has 8 heteroatoms. The van der Waals surface area contributed by atoms with Crippen molar-refractivity contribution in [1.29, 1.82) is 0 Å². The molecule has 0 saturated carbocycles. The molecule has 0 heterocycles. The molecule has 0 aliphatic heterocycles. The van der Waals surface area contributed by atoms with Crippen molar-refractivity contribution >= 4 is 29.2 Å². The third-order valence-corrected chi connectivity index (χ3v) is 4.20. The van der Waals surface area contributed by atoms with Crippen LogP contribution >= 0.6 is 0 Å². The average Bonchev–Trinajstić information content (AvgIpc) is 2.69. The summed E-state index contributed by atoms with van der Waals surface area (Å²) in [6.07, 6.45) is 0. The quantitative estimate of drug-likeness (QED) is 0.564. The van der Waals surface area contributed by atoms with Crippen molar-refractivity contribution < 1.29 is 23.5 Å². The number of benzene rings is 2. The van der Waals surface area contributed by atoms with Crippen LogP contribution in [0.5, 0.6) is 0 Å². The van der Waals surface area contributed by atoms with Crippen LogP contribution in [0.1, 0.15) is 31.1 Å². The Balaban J connectivity index is 2.07. The minimum Gasteiger partial charge on any atom is -0.465 e. The lowest BCUT2D eigenvalue weighted by Gasteiger charge is -2.23. The first-order chi connectivity index (χ1) is 14.8. The van der Waals surface area contributed by atoms with Gasteiger partial charge in [0.2, 0.25) is 5.91 Å². The fraction of sp³-hybridized carbons (Fsp3) is 0.348. The summed E-state index contributed by atoms with van der Waals surface area (Å²) in [7, 11) is 0. The van der Waals surface area contributed by atoms with Crippen molar-refractivity contribution in [2.24, 2.45) is 5.92 Å². The summed E-state index contributed by atoms with van der Waals surface area (Å²) in [6.45, 7) is 6.51.